The van der Waals surface area contributed by atoms with Crippen molar-refractivity contribution in [2.24, 2.45) is 5.92 Å². The van der Waals surface area contributed by atoms with Gasteiger partial charge in [-0.25, -0.2) is 0 Å². The van der Waals surface area contributed by atoms with Crippen molar-refractivity contribution >= 4 is 11.8 Å². The molecule has 0 saturated carbocycles. The van der Waals surface area contributed by atoms with E-state index >= 15 is 0 Å². The molecule has 1 atom stereocenters. The van der Waals surface area contributed by atoms with Crippen LogP contribution in [0.1, 0.15) is 66.7 Å². The first-order valence-electron chi connectivity index (χ1n) is 6.51. The molecule has 17 heavy (non-hydrogen) atoms. The monoisotopic (exact) mass is 242 g/mol. The van der Waals surface area contributed by atoms with Crippen LogP contribution in [0.3, 0.4) is 0 Å². The molecule has 100 valence electrons. The molecule has 0 aliphatic heterocycles. The predicted octanol–water partition coefficient (Wildman–Crippen LogP) is 3.50. The van der Waals surface area contributed by atoms with E-state index in [-0.39, 0.29) is 11.8 Å². The highest BCUT2D eigenvalue weighted by molar-refractivity contribution is 5.97. The number of hydrogen-bond donors (Lipinski definition) is 0. The molecule has 0 bridgehead atoms. The second-order valence-electron chi connectivity index (χ2n) is 5.55. The van der Waals surface area contributed by atoms with Crippen LogP contribution in [0, 0.1) is 5.92 Å². The topological polar surface area (TPSA) is 43.4 Å². The van der Waals surface area contributed by atoms with Gasteiger partial charge in [0.25, 0.3) is 0 Å². The Bertz CT molecular complexity index is 251. The molecule has 0 spiro atoms. The summed E-state index contributed by atoms with van der Waals surface area (Å²) in [7, 11) is 0. The number of carbonyl (C=O) groups is 2. The molecule has 0 rings (SSSR count). The molecule has 3 nitrogen and oxygen atoms in total. The summed E-state index contributed by atoms with van der Waals surface area (Å²) in [6.07, 6.45) is 4.90. The van der Waals surface area contributed by atoms with Crippen LogP contribution in [0.2, 0.25) is 0 Å². The fraction of sp³-hybridized carbons (Fsp3) is 0.857. The molecule has 0 radical (unpaired) electrons. The first-order chi connectivity index (χ1) is 7.78. The molecule has 0 saturated heterocycles. The summed E-state index contributed by atoms with van der Waals surface area (Å²) in [5.74, 6) is -1.04. The Kier molecular flexibility index (Phi) is 7.09. The van der Waals surface area contributed by atoms with E-state index in [1.54, 1.807) is 0 Å². The zero-order valence-electron chi connectivity index (χ0n) is 11.8. The zero-order valence-corrected chi connectivity index (χ0v) is 11.8. The molecular formula is C14H26O3. The Balaban J connectivity index is 4.23. The molecule has 1 unspecified atom stereocenters. The second kappa shape index (κ2) is 7.46. The summed E-state index contributed by atoms with van der Waals surface area (Å²) in [5, 5.41) is 0. The van der Waals surface area contributed by atoms with Crippen molar-refractivity contribution in [2.45, 2.75) is 72.3 Å². The minimum Gasteiger partial charge on any atom is -0.459 e. The Labute approximate surface area is 105 Å². The van der Waals surface area contributed by atoms with Crippen molar-refractivity contribution in [3.63, 3.8) is 0 Å². The molecule has 0 aromatic carbocycles. The number of carbonyl (C=O) groups excluding carboxylic acids is 2. The van der Waals surface area contributed by atoms with E-state index in [0.29, 0.717) is 6.42 Å². The van der Waals surface area contributed by atoms with Crippen molar-refractivity contribution < 1.29 is 14.3 Å². The van der Waals surface area contributed by atoms with Gasteiger partial charge in [0.15, 0.2) is 0 Å². The number of Topliss-reactive ketones (excluding diaryl/α,β-unsaturated/α-hetero) is 1. The molecule has 0 heterocycles. The third-order valence-electron chi connectivity index (χ3n) is 2.53. The van der Waals surface area contributed by atoms with E-state index < -0.39 is 11.5 Å². The fourth-order valence-electron chi connectivity index (χ4n) is 1.64. The number of ketones is 1. The molecule has 3 heteroatoms. The molecule has 0 aromatic rings. The van der Waals surface area contributed by atoms with Crippen molar-refractivity contribution in [1.82, 2.24) is 0 Å². The van der Waals surface area contributed by atoms with Gasteiger partial charge in [-0.15, -0.1) is 0 Å². The number of ether oxygens (including phenoxy) is 1. The molecule has 0 aliphatic rings. The SMILES string of the molecule is CCCCCCC(C(C)=O)C(=O)OC(C)(C)C. The van der Waals surface area contributed by atoms with Crippen molar-refractivity contribution in [3.8, 4) is 0 Å². The third-order valence-corrected chi connectivity index (χ3v) is 2.53. The maximum atomic E-state index is 11.8. The van der Waals surface area contributed by atoms with E-state index in [1.807, 2.05) is 20.8 Å². The van der Waals surface area contributed by atoms with Gasteiger partial charge in [0.1, 0.15) is 17.3 Å². The third kappa shape index (κ3) is 7.94. The van der Waals surface area contributed by atoms with Crippen LogP contribution in [-0.2, 0) is 14.3 Å². The molecule has 0 fully saturated rings. The lowest BCUT2D eigenvalue weighted by molar-refractivity contribution is -0.162. The molecular weight excluding hydrogens is 216 g/mol. The van der Waals surface area contributed by atoms with Crippen LogP contribution >= 0.6 is 0 Å². The molecule has 0 aromatic heterocycles. The number of unbranched alkanes of at least 4 members (excludes halogenated alkanes) is 3. The van der Waals surface area contributed by atoms with Gasteiger partial charge >= 0.3 is 5.97 Å². The Hall–Kier alpha value is -0.860. The van der Waals surface area contributed by atoms with Crippen molar-refractivity contribution in [3.05, 3.63) is 0 Å². The van der Waals surface area contributed by atoms with Crippen LogP contribution in [0.15, 0.2) is 0 Å². The summed E-state index contributed by atoms with van der Waals surface area (Å²) in [6.45, 7) is 9.06. The highest BCUT2D eigenvalue weighted by Gasteiger charge is 2.28. The molecule has 0 N–H and O–H groups in total. The average molecular weight is 242 g/mol. The van der Waals surface area contributed by atoms with Gasteiger partial charge in [-0.05, 0) is 34.1 Å². The fourth-order valence-corrected chi connectivity index (χ4v) is 1.64. The lowest BCUT2D eigenvalue weighted by Gasteiger charge is -2.22. The van der Waals surface area contributed by atoms with E-state index in [1.165, 1.54) is 6.92 Å². The molecule has 0 amide bonds. The van der Waals surface area contributed by atoms with Gasteiger partial charge in [-0.2, -0.15) is 0 Å². The van der Waals surface area contributed by atoms with E-state index in [4.69, 9.17) is 4.74 Å². The van der Waals surface area contributed by atoms with E-state index in [0.717, 1.165) is 25.7 Å². The summed E-state index contributed by atoms with van der Waals surface area (Å²) >= 11 is 0. The molecule has 0 aliphatic carbocycles. The van der Waals surface area contributed by atoms with Crippen LogP contribution in [0.5, 0.6) is 0 Å². The van der Waals surface area contributed by atoms with Gasteiger partial charge in [0.05, 0.1) is 0 Å². The van der Waals surface area contributed by atoms with Crippen LogP contribution in [0.4, 0.5) is 0 Å². The second-order valence-corrected chi connectivity index (χ2v) is 5.55. The summed E-state index contributed by atoms with van der Waals surface area (Å²) in [4.78, 5) is 23.3. The van der Waals surface area contributed by atoms with E-state index in [2.05, 4.69) is 6.92 Å². The summed E-state index contributed by atoms with van der Waals surface area (Å²) < 4.78 is 5.26. The normalized spacial score (nSPS) is 13.2. The Morgan fingerprint density at radius 2 is 1.71 bits per heavy atom. The highest BCUT2D eigenvalue weighted by atomic mass is 16.6. The van der Waals surface area contributed by atoms with Crippen molar-refractivity contribution in [1.29, 1.82) is 0 Å². The van der Waals surface area contributed by atoms with Crippen LogP contribution in [-0.4, -0.2) is 17.4 Å². The maximum absolute atomic E-state index is 11.8. The maximum Gasteiger partial charge on any atom is 0.316 e. The van der Waals surface area contributed by atoms with Crippen molar-refractivity contribution in [2.75, 3.05) is 0 Å². The Morgan fingerprint density at radius 1 is 1.12 bits per heavy atom. The quantitative estimate of drug-likeness (QED) is 0.390. The minimum atomic E-state index is -0.578. The number of hydrogen-bond acceptors (Lipinski definition) is 3. The van der Waals surface area contributed by atoms with Gasteiger partial charge in [0, 0.05) is 0 Å². The van der Waals surface area contributed by atoms with Gasteiger partial charge in [-0.1, -0.05) is 32.6 Å². The Morgan fingerprint density at radius 3 is 2.12 bits per heavy atom. The largest absolute Gasteiger partial charge is 0.459 e. The smallest absolute Gasteiger partial charge is 0.316 e. The average Bonchev–Trinajstić information content (AvgIpc) is 2.14. The van der Waals surface area contributed by atoms with Gasteiger partial charge in [0.2, 0.25) is 0 Å². The first kappa shape index (κ1) is 16.1. The number of esters is 1. The standard InChI is InChI=1S/C14H26O3/c1-6-7-8-9-10-12(11(2)15)13(16)17-14(3,4)5/h12H,6-10H2,1-5H3. The minimum absolute atomic E-state index is 0.0873. The van der Waals surface area contributed by atoms with E-state index in [9.17, 15) is 9.59 Å². The summed E-state index contributed by atoms with van der Waals surface area (Å²) in [6, 6.07) is 0. The van der Waals surface area contributed by atoms with Gasteiger partial charge in [-0.3, -0.25) is 9.59 Å². The number of rotatable bonds is 7. The predicted molar refractivity (Wildman–Crippen MR) is 68.8 cm³/mol. The summed E-state index contributed by atoms with van der Waals surface area (Å²) in [5.41, 5.74) is -0.520. The highest BCUT2D eigenvalue weighted by Crippen LogP contribution is 2.17. The van der Waals surface area contributed by atoms with Crippen LogP contribution < -0.4 is 0 Å². The van der Waals surface area contributed by atoms with Crippen LogP contribution in [0.25, 0.3) is 0 Å². The van der Waals surface area contributed by atoms with Gasteiger partial charge < -0.3 is 4.74 Å². The lowest BCUT2D eigenvalue weighted by atomic mass is 9.97. The first-order valence-corrected chi connectivity index (χ1v) is 6.51. The lowest BCUT2D eigenvalue weighted by Crippen LogP contribution is -2.31. The zero-order chi connectivity index (χ0) is 13.5.